The summed E-state index contributed by atoms with van der Waals surface area (Å²) in [6.45, 7) is 17.5. The van der Waals surface area contributed by atoms with Crippen LogP contribution in [0.2, 0.25) is 18.1 Å². The van der Waals surface area contributed by atoms with Crippen LogP contribution in [0.5, 0.6) is 0 Å². The van der Waals surface area contributed by atoms with Crippen LogP contribution in [0.4, 0.5) is 0 Å². The van der Waals surface area contributed by atoms with Crippen molar-refractivity contribution < 1.29 is 18.6 Å². The highest BCUT2D eigenvalue weighted by molar-refractivity contribution is 6.74. The molecule has 36 heavy (non-hydrogen) atoms. The van der Waals surface area contributed by atoms with Crippen LogP contribution in [0.15, 0.2) is 60.7 Å². The van der Waals surface area contributed by atoms with Crippen LogP contribution in [-0.2, 0) is 31.7 Å². The van der Waals surface area contributed by atoms with E-state index in [0.717, 1.165) is 32.5 Å². The van der Waals surface area contributed by atoms with Crippen molar-refractivity contribution in [3.8, 4) is 0 Å². The summed E-state index contributed by atoms with van der Waals surface area (Å²) in [5, 5.41) is 0.187. The number of ether oxygens (including phenoxy) is 3. The maximum atomic E-state index is 6.64. The second kappa shape index (κ2) is 15.6. The van der Waals surface area contributed by atoms with Gasteiger partial charge in [0.1, 0.15) is 6.79 Å². The summed E-state index contributed by atoms with van der Waals surface area (Å²) in [5.41, 5.74) is 2.60. The average Bonchev–Trinajstić information content (AvgIpc) is 2.85. The molecule has 0 saturated carbocycles. The molecular weight excluding hydrogens is 466 g/mol. The van der Waals surface area contributed by atoms with Crippen LogP contribution in [0.3, 0.4) is 0 Å². The molecule has 0 aliphatic heterocycles. The molecule has 0 aliphatic rings. The second-order valence-electron chi connectivity index (χ2n) is 11.0. The molecule has 0 heterocycles. The minimum Gasteiger partial charge on any atom is -0.417 e. The van der Waals surface area contributed by atoms with Gasteiger partial charge in [-0.1, -0.05) is 88.4 Å². The van der Waals surface area contributed by atoms with Crippen LogP contribution in [0.1, 0.15) is 51.7 Å². The van der Waals surface area contributed by atoms with Crippen molar-refractivity contribution in [3.63, 3.8) is 0 Å². The standard InChI is InChI=1S/C30H49NO4Si/c1-8-29(34-25-33-22-21-32-5)28(19-20-35-36(6,7)30(2,3)4)31(23-26-15-11-9-12-16-26)24-27-17-13-10-14-18-27/h9-18,28-29H,8,19-25H2,1-7H3/t28-,29+/m0/s1. The zero-order valence-electron chi connectivity index (χ0n) is 23.7. The van der Waals surface area contributed by atoms with E-state index in [4.69, 9.17) is 18.6 Å². The Balaban J connectivity index is 2.26. The Morgan fingerprint density at radius 2 is 1.39 bits per heavy atom. The van der Waals surface area contributed by atoms with Crippen LogP contribution in [0.25, 0.3) is 0 Å². The zero-order chi connectivity index (χ0) is 26.4. The number of benzene rings is 2. The van der Waals surface area contributed by atoms with Gasteiger partial charge in [0.25, 0.3) is 0 Å². The third-order valence-corrected chi connectivity index (χ3v) is 11.8. The molecule has 0 saturated heterocycles. The first-order chi connectivity index (χ1) is 17.2. The first-order valence-electron chi connectivity index (χ1n) is 13.3. The summed E-state index contributed by atoms with van der Waals surface area (Å²) < 4.78 is 23.8. The monoisotopic (exact) mass is 515 g/mol. The van der Waals surface area contributed by atoms with Crippen LogP contribution in [-0.4, -0.2) is 59.1 Å². The van der Waals surface area contributed by atoms with Gasteiger partial charge in [0, 0.05) is 32.8 Å². The number of rotatable bonds is 17. The summed E-state index contributed by atoms with van der Waals surface area (Å²) in [4.78, 5) is 2.56. The quantitative estimate of drug-likeness (QED) is 0.130. The van der Waals surface area contributed by atoms with E-state index in [-0.39, 0.29) is 24.0 Å². The molecule has 2 aromatic carbocycles. The van der Waals surface area contributed by atoms with E-state index in [0.29, 0.717) is 13.2 Å². The zero-order valence-corrected chi connectivity index (χ0v) is 24.7. The maximum absolute atomic E-state index is 6.64. The molecule has 0 N–H and O–H groups in total. The molecule has 0 aliphatic carbocycles. The van der Waals surface area contributed by atoms with Crippen molar-refractivity contribution in [2.45, 2.75) is 83.9 Å². The van der Waals surface area contributed by atoms with Gasteiger partial charge in [-0.05, 0) is 42.1 Å². The molecular formula is C30H49NO4Si. The molecule has 5 nitrogen and oxygen atoms in total. The Bertz CT molecular complexity index is 784. The first-order valence-corrected chi connectivity index (χ1v) is 16.2. The molecule has 6 heteroatoms. The summed E-state index contributed by atoms with van der Waals surface area (Å²) >= 11 is 0. The topological polar surface area (TPSA) is 40.2 Å². The molecule has 2 atom stereocenters. The van der Waals surface area contributed by atoms with Crippen LogP contribution >= 0.6 is 0 Å². The lowest BCUT2D eigenvalue weighted by Gasteiger charge is -2.39. The van der Waals surface area contributed by atoms with E-state index in [1.165, 1.54) is 11.1 Å². The molecule has 0 amide bonds. The predicted molar refractivity (Wildman–Crippen MR) is 152 cm³/mol. The van der Waals surface area contributed by atoms with Crippen molar-refractivity contribution in [2.75, 3.05) is 33.7 Å². The highest BCUT2D eigenvalue weighted by Gasteiger charge is 2.37. The largest absolute Gasteiger partial charge is 0.417 e. The molecule has 0 fully saturated rings. The summed E-state index contributed by atoms with van der Waals surface area (Å²) in [5.74, 6) is 0. The minimum absolute atomic E-state index is 0.0305. The van der Waals surface area contributed by atoms with Crippen molar-refractivity contribution >= 4 is 8.32 Å². The molecule has 0 unspecified atom stereocenters. The molecule has 2 aromatic rings. The fraction of sp³-hybridized carbons (Fsp3) is 0.600. The number of methoxy groups -OCH3 is 1. The Hall–Kier alpha value is -1.54. The van der Waals surface area contributed by atoms with E-state index in [1.807, 2.05) is 0 Å². The van der Waals surface area contributed by atoms with Gasteiger partial charge >= 0.3 is 0 Å². The number of nitrogens with zero attached hydrogens (tertiary/aromatic N) is 1. The van der Waals surface area contributed by atoms with Gasteiger partial charge in [-0.3, -0.25) is 4.90 Å². The smallest absolute Gasteiger partial charge is 0.191 e. The number of hydrogen-bond donors (Lipinski definition) is 0. The lowest BCUT2D eigenvalue weighted by molar-refractivity contribution is -0.124. The van der Waals surface area contributed by atoms with Gasteiger partial charge < -0.3 is 18.6 Å². The Morgan fingerprint density at radius 3 is 1.86 bits per heavy atom. The van der Waals surface area contributed by atoms with E-state index >= 15 is 0 Å². The lowest BCUT2D eigenvalue weighted by Crippen LogP contribution is -2.46. The van der Waals surface area contributed by atoms with Gasteiger partial charge in [0.15, 0.2) is 8.32 Å². The summed E-state index contributed by atoms with van der Waals surface area (Å²) in [6, 6.07) is 21.6. The van der Waals surface area contributed by atoms with E-state index < -0.39 is 8.32 Å². The van der Waals surface area contributed by atoms with Gasteiger partial charge in [0.2, 0.25) is 0 Å². The van der Waals surface area contributed by atoms with Crippen molar-refractivity contribution in [3.05, 3.63) is 71.8 Å². The first kappa shape index (κ1) is 30.7. The maximum Gasteiger partial charge on any atom is 0.191 e. The fourth-order valence-electron chi connectivity index (χ4n) is 4.02. The Morgan fingerprint density at radius 1 is 0.833 bits per heavy atom. The molecule has 2 rings (SSSR count). The third-order valence-electron chi connectivity index (χ3n) is 7.24. The SMILES string of the molecule is CC[C@@H](OCOCCOC)[C@H](CCO[Si](C)(C)C(C)(C)C)N(Cc1ccccc1)Cc1ccccc1. The van der Waals surface area contributed by atoms with E-state index in [2.05, 4.69) is 106 Å². The molecule has 202 valence electrons. The lowest BCUT2D eigenvalue weighted by atomic mass is 10.0. The highest BCUT2D eigenvalue weighted by Crippen LogP contribution is 2.36. The van der Waals surface area contributed by atoms with Gasteiger partial charge in [-0.2, -0.15) is 0 Å². The predicted octanol–water partition coefficient (Wildman–Crippen LogP) is 6.89. The van der Waals surface area contributed by atoms with Gasteiger partial charge in [-0.25, -0.2) is 0 Å². The molecule has 0 spiro atoms. The van der Waals surface area contributed by atoms with Crippen LogP contribution < -0.4 is 0 Å². The van der Waals surface area contributed by atoms with Crippen molar-refractivity contribution in [2.24, 2.45) is 0 Å². The molecule has 0 bridgehead atoms. The van der Waals surface area contributed by atoms with Crippen molar-refractivity contribution in [1.29, 1.82) is 0 Å². The normalized spacial score (nSPS) is 14.2. The Labute approximate surface area is 221 Å². The van der Waals surface area contributed by atoms with Crippen LogP contribution in [0, 0.1) is 0 Å². The minimum atomic E-state index is -1.84. The third kappa shape index (κ3) is 10.4. The van der Waals surface area contributed by atoms with E-state index in [9.17, 15) is 0 Å². The van der Waals surface area contributed by atoms with Gasteiger partial charge in [0.05, 0.1) is 19.3 Å². The fourth-order valence-corrected chi connectivity index (χ4v) is 5.08. The van der Waals surface area contributed by atoms with Gasteiger partial charge in [-0.15, -0.1) is 0 Å². The van der Waals surface area contributed by atoms with Crippen molar-refractivity contribution in [1.82, 2.24) is 4.90 Å². The number of hydrogen-bond acceptors (Lipinski definition) is 5. The molecule has 0 radical (unpaired) electrons. The Kier molecular flexibility index (Phi) is 13.3. The highest BCUT2D eigenvalue weighted by atomic mass is 28.4. The summed E-state index contributed by atoms with van der Waals surface area (Å²) in [6.07, 6.45) is 1.84. The summed E-state index contributed by atoms with van der Waals surface area (Å²) in [7, 11) is -0.155. The van der Waals surface area contributed by atoms with E-state index in [1.54, 1.807) is 7.11 Å². The molecule has 0 aromatic heterocycles. The second-order valence-corrected chi connectivity index (χ2v) is 15.8. The average molecular weight is 516 g/mol.